The summed E-state index contributed by atoms with van der Waals surface area (Å²) in [4.78, 5) is 3.44. The summed E-state index contributed by atoms with van der Waals surface area (Å²) < 4.78 is 40.1. The summed E-state index contributed by atoms with van der Waals surface area (Å²) >= 11 is 5.42. The van der Waals surface area contributed by atoms with Crippen LogP contribution in [-0.4, -0.2) is 17.8 Å². The number of halogens is 4. The lowest BCUT2D eigenvalue weighted by Crippen LogP contribution is -2.20. The van der Waals surface area contributed by atoms with Gasteiger partial charge in [0.1, 0.15) is 5.15 Å². The van der Waals surface area contributed by atoms with Gasteiger partial charge in [0, 0.05) is 0 Å². The zero-order valence-electron chi connectivity index (χ0n) is 6.75. The van der Waals surface area contributed by atoms with Crippen molar-refractivity contribution in [1.29, 1.82) is 0 Å². The Balaban J connectivity index is 2.80. The first-order valence-corrected chi connectivity index (χ1v) is 3.89. The van der Waals surface area contributed by atoms with Gasteiger partial charge < -0.3 is 10.5 Å². The van der Waals surface area contributed by atoms with E-state index >= 15 is 0 Å². The molecular weight excluding hydrogens is 221 g/mol. The number of rotatable bonds is 3. The molecule has 3 nitrogen and oxygen atoms in total. The van der Waals surface area contributed by atoms with Crippen LogP contribution in [-0.2, 0) is 0 Å². The average Bonchev–Trinajstić information content (AvgIpc) is 2.11. The van der Waals surface area contributed by atoms with E-state index < -0.39 is 18.7 Å². The summed E-state index contributed by atoms with van der Waals surface area (Å²) in [6.45, 7) is 0. The van der Waals surface area contributed by atoms with Crippen molar-refractivity contribution in [3.8, 4) is 5.88 Å². The Morgan fingerprint density at radius 1 is 1.36 bits per heavy atom. The van der Waals surface area contributed by atoms with Gasteiger partial charge in [0.15, 0.2) is 0 Å². The van der Waals surface area contributed by atoms with Gasteiger partial charge in [0.25, 0.3) is 6.36 Å². The van der Waals surface area contributed by atoms with Crippen molar-refractivity contribution in [3.05, 3.63) is 17.3 Å². The summed E-state index contributed by atoms with van der Waals surface area (Å²) in [5, 5.41) is -0.0179. The second-order valence-electron chi connectivity index (χ2n) is 2.33. The summed E-state index contributed by atoms with van der Waals surface area (Å²) in [5.41, 5.74) is 5.22. The number of nitrogen functional groups attached to an aromatic ring is 1. The lowest BCUT2D eigenvalue weighted by Gasteiger charge is -2.10. The number of anilines is 1. The molecule has 0 spiro atoms. The van der Waals surface area contributed by atoms with E-state index in [1.54, 1.807) is 0 Å². The van der Waals surface area contributed by atoms with E-state index in [0.717, 1.165) is 0 Å². The van der Waals surface area contributed by atoms with Crippen molar-refractivity contribution < 1.29 is 17.9 Å². The quantitative estimate of drug-likeness (QED) is 0.805. The van der Waals surface area contributed by atoms with Crippen LogP contribution in [0.3, 0.4) is 0 Å². The van der Waals surface area contributed by atoms with Crippen LogP contribution in [0.25, 0.3) is 0 Å². The molecular formula is C7H6ClF3N2O. The van der Waals surface area contributed by atoms with Gasteiger partial charge in [0.2, 0.25) is 5.88 Å². The molecule has 14 heavy (non-hydrogen) atoms. The number of aromatic nitrogens is 1. The fourth-order valence-electron chi connectivity index (χ4n) is 0.681. The topological polar surface area (TPSA) is 48.1 Å². The van der Waals surface area contributed by atoms with E-state index in [-0.39, 0.29) is 10.8 Å². The lowest BCUT2D eigenvalue weighted by atomic mass is 10.4. The van der Waals surface area contributed by atoms with Gasteiger partial charge in [-0.2, -0.15) is 9.37 Å². The van der Waals surface area contributed by atoms with Crippen molar-refractivity contribution >= 4 is 17.3 Å². The smallest absolute Gasteiger partial charge is 0.304 e. The molecule has 1 atom stereocenters. The van der Waals surface area contributed by atoms with Crippen LogP contribution in [0, 0.1) is 0 Å². The number of pyridine rings is 1. The van der Waals surface area contributed by atoms with Gasteiger partial charge in [-0.05, 0) is 12.1 Å². The predicted octanol–water partition coefficient (Wildman–Crippen LogP) is 2.26. The first kappa shape index (κ1) is 10.9. The van der Waals surface area contributed by atoms with Crippen LogP contribution in [0.4, 0.5) is 18.9 Å². The maximum absolute atomic E-state index is 12.4. The Hall–Kier alpha value is -1.17. The van der Waals surface area contributed by atoms with Gasteiger partial charge in [-0.15, -0.1) is 0 Å². The maximum Gasteiger partial charge on any atom is 0.304 e. The van der Waals surface area contributed by atoms with Crippen molar-refractivity contribution in [2.45, 2.75) is 12.8 Å². The molecule has 1 aromatic heterocycles. The minimum atomic E-state index is -3.25. The second-order valence-corrected chi connectivity index (χ2v) is 2.72. The number of ether oxygens (including phenoxy) is 1. The highest BCUT2D eigenvalue weighted by atomic mass is 35.5. The number of hydrogen-bond acceptors (Lipinski definition) is 3. The molecule has 0 aromatic carbocycles. The molecule has 1 rings (SSSR count). The lowest BCUT2D eigenvalue weighted by molar-refractivity contribution is -0.0686. The first-order chi connectivity index (χ1) is 6.50. The molecule has 0 aliphatic carbocycles. The fourth-order valence-corrected chi connectivity index (χ4v) is 0.821. The third kappa shape index (κ3) is 2.66. The molecule has 0 aliphatic rings. The van der Waals surface area contributed by atoms with E-state index in [4.69, 9.17) is 17.3 Å². The molecule has 7 heteroatoms. The third-order valence-electron chi connectivity index (χ3n) is 1.28. The van der Waals surface area contributed by atoms with Crippen LogP contribution in [0.5, 0.6) is 5.88 Å². The van der Waals surface area contributed by atoms with E-state index in [9.17, 15) is 13.2 Å². The highest BCUT2D eigenvalue weighted by molar-refractivity contribution is 6.29. The van der Waals surface area contributed by atoms with Crippen molar-refractivity contribution in [2.24, 2.45) is 0 Å². The molecule has 2 N–H and O–H groups in total. The highest BCUT2D eigenvalue weighted by Crippen LogP contribution is 2.23. The first-order valence-electron chi connectivity index (χ1n) is 3.51. The molecule has 0 radical (unpaired) electrons. The fraction of sp³-hybridized carbons (Fsp3) is 0.286. The molecule has 1 heterocycles. The Morgan fingerprint density at radius 3 is 2.57 bits per heavy atom. The van der Waals surface area contributed by atoms with Crippen LogP contribution < -0.4 is 10.5 Å². The van der Waals surface area contributed by atoms with E-state index in [1.165, 1.54) is 12.1 Å². The van der Waals surface area contributed by atoms with Crippen LogP contribution in [0.1, 0.15) is 0 Å². The molecule has 0 bridgehead atoms. The van der Waals surface area contributed by atoms with E-state index in [1.807, 2.05) is 0 Å². The predicted molar refractivity (Wildman–Crippen MR) is 45.2 cm³/mol. The minimum Gasteiger partial charge on any atom is -0.435 e. The Bertz CT molecular complexity index is 324. The van der Waals surface area contributed by atoms with Gasteiger partial charge in [0.05, 0.1) is 5.69 Å². The largest absolute Gasteiger partial charge is 0.435 e. The Kier molecular flexibility index (Phi) is 3.40. The van der Waals surface area contributed by atoms with Crippen molar-refractivity contribution in [1.82, 2.24) is 4.98 Å². The third-order valence-corrected chi connectivity index (χ3v) is 1.49. The SMILES string of the molecule is Nc1ccc(Cl)nc1OC(F)C(F)F. The molecule has 0 saturated heterocycles. The van der Waals surface area contributed by atoms with Crippen molar-refractivity contribution in [2.75, 3.05) is 5.73 Å². The number of nitrogens with two attached hydrogens (primary N) is 1. The standard InChI is InChI=1S/C7H6ClF3N2O/c8-4-2-1-3(12)7(13-4)14-6(11)5(9)10/h1-2,5-6H,12H2. The van der Waals surface area contributed by atoms with Gasteiger partial charge in [-0.1, -0.05) is 11.6 Å². The van der Waals surface area contributed by atoms with Crippen LogP contribution >= 0.6 is 11.6 Å². The number of nitrogens with zero attached hydrogens (tertiary/aromatic N) is 1. The molecule has 0 fully saturated rings. The highest BCUT2D eigenvalue weighted by Gasteiger charge is 2.22. The molecule has 1 unspecified atom stereocenters. The van der Waals surface area contributed by atoms with Crippen LogP contribution in [0.15, 0.2) is 12.1 Å². The van der Waals surface area contributed by atoms with E-state index in [0.29, 0.717) is 0 Å². The van der Waals surface area contributed by atoms with Crippen molar-refractivity contribution in [3.63, 3.8) is 0 Å². The monoisotopic (exact) mass is 226 g/mol. The Morgan fingerprint density at radius 2 is 2.00 bits per heavy atom. The molecule has 78 valence electrons. The Labute approximate surface area is 82.6 Å². The summed E-state index contributed by atoms with van der Waals surface area (Å²) in [6, 6.07) is 2.61. The normalized spacial score (nSPS) is 12.9. The average molecular weight is 227 g/mol. The van der Waals surface area contributed by atoms with Gasteiger partial charge in [-0.25, -0.2) is 8.78 Å². The number of hydrogen-bond donors (Lipinski definition) is 1. The van der Waals surface area contributed by atoms with Crippen LogP contribution in [0.2, 0.25) is 5.15 Å². The summed E-state index contributed by atoms with van der Waals surface area (Å²) in [5.74, 6) is -0.440. The molecule has 1 aromatic rings. The molecule has 0 aliphatic heterocycles. The summed E-state index contributed by atoms with van der Waals surface area (Å²) in [6.07, 6.45) is -6.02. The minimum absolute atomic E-state index is 0.0179. The van der Waals surface area contributed by atoms with E-state index in [2.05, 4.69) is 9.72 Å². The molecule has 0 saturated carbocycles. The molecule has 0 amide bonds. The zero-order valence-corrected chi connectivity index (χ0v) is 7.51. The summed E-state index contributed by atoms with van der Waals surface area (Å²) in [7, 11) is 0. The second kappa shape index (κ2) is 4.36. The maximum atomic E-state index is 12.4. The van der Waals surface area contributed by atoms with Gasteiger partial charge >= 0.3 is 6.43 Å². The number of alkyl halides is 3. The zero-order chi connectivity index (χ0) is 10.7. The van der Waals surface area contributed by atoms with Gasteiger partial charge in [-0.3, -0.25) is 0 Å².